The molecular formula is C15H21N3O2. The Morgan fingerprint density at radius 2 is 2.25 bits per heavy atom. The Hall–Kier alpha value is -2.04. The minimum Gasteiger partial charge on any atom is -0.384 e. The summed E-state index contributed by atoms with van der Waals surface area (Å²) in [6.45, 7) is 5.37. The summed E-state index contributed by atoms with van der Waals surface area (Å²) in [6.07, 6.45) is 1.35. The van der Waals surface area contributed by atoms with Crippen molar-refractivity contribution < 1.29 is 9.59 Å². The van der Waals surface area contributed by atoms with Gasteiger partial charge in [-0.1, -0.05) is 18.6 Å². The maximum absolute atomic E-state index is 12.4. The van der Waals surface area contributed by atoms with Crippen LogP contribution in [0.4, 0.5) is 5.69 Å². The third-order valence-corrected chi connectivity index (χ3v) is 3.30. The van der Waals surface area contributed by atoms with Gasteiger partial charge in [0.2, 0.25) is 5.91 Å². The molecule has 0 radical (unpaired) electrons. The van der Waals surface area contributed by atoms with Gasteiger partial charge in [0.15, 0.2) is 0 Å². The number of hydrogen-bond acceptors (Lipinski definition) is 3. The first kappa shape index (κ1) is 14.4. The minimum absolute atomic E-state index is 0.0103. The summed E-state index contributed by atoms with van der Waals surface area (Å²) in [4.78, 5) is 23.5. The predicted octanol–water partition coefficient (Wildman–Crippen LogP) is 1.44. The van der Waals surface area contributed by atoms with E-state index in [4.69, 9.17) is 0 Å². The van der Waals surface area contributed by atoms with Crippen LogP contribution in [-0.4, -0.2) is 30.9 Å². The van der Waals surface area contributed by atoms with E-state index in [1.54, 1.807) is 0 Å². The van der Waals surface area contributed by atoms with Crippen LogP contribution in [0.1, 0.15) is 35.7 Å². The first-order valence-corrected chi connectivity index (χ1v) is 7.02. The number of amides is 2. The quantitative estimate of drug-likeness (QED) is 0.761. The van der Waals surface area contributed by atoms with Gasteiger partial charge in [-0.2, -0.15) is 0 Å². The number of rotatable bonds is 5. The van der Waals surface area contributed by atoms with E-state index in [0.717, 1.165) is 24.2 Å². The van der Waals surface area contributed by atoms with Crippen molar-refractivity contribution in [1.29, 1.82) is 0 Å². The monoisotopic (exact) mass is 275 g/mol. The van der Waals surface area contributed by atoms with Crippen LogP contribution < -0.4 is 16.0 Å². The standard InChI is InChI=1S/C15H21N3O2/c1-3-6-16-13-5-4-10(2)7-12(13)15(20)18-11-8-14(19)17-9-11/h4-5,7,11,16H,3,6,8-9H2,1-2H3,(H,17,19)(H,18,20). The average molecular weight is 275 g/mol. The molecule has 1 aliphatic rings. The smallest absolute Gasteiger partial charge is 0.253 e. The molecule has 108 valence electrons. The van der Waals surface area contributed by atoms with Crippen molar-refractivity contribution in [3.8, 4) is 0 Å². The molecule has 0 saturated carbocycles. The van der Waals surface area contributed by atoms with E-state index in [9.17, 15) is 9.59 Å². The minimum atomic E-state index is -0.131. The lowest BCUT2D eigenvalue weighted by Gasteiger charge is -2.15. The highest BCUT2D eigenvalue weighted by atomic mass is 16.2. The van der Waals surface area contributed by atoms with E-state index in [2.05, 4.69) is 22.9 Å². The molecule has 1 unspecified atom stereocenters. The maximum atomic E-state index is 12.4. The largest absolute Gasteiger partial charge is 0.384 e. The Kier molecular flexibility index (Phi) is 4.61. The normalized spacial score (nSPS) is 17.7. The highest BCUT2D eigenvalue weighted by molar-refractivity contribution is 6.00. The number of hydrogen-bond donors (Lipinski definition) is 3. The van der Waals surface area contributed by atoms with Gasteiger partial charge in [0.05, 0.1) is 11.6 Å². The SMILES string of the molecule is CCCNc1ccc(C)cc1C(=O)NC1CNC(=O)C1. The second kappa shape index (κ2) is 6.41. The molecule has 20 heavy (non-hydrogen) atoms. The summed E-state index contributed by atoms with van der Waals surface area (Å²) < 4.78 is 0. The van der Waals surface area contributed by atoms with Crippen LogP contribution in [0, 0.1) is 6.92 Å². The fourth-order valence-corrected chi connectivity index (χ4v) is 2.23. The van der Waals surface area contributed by atoms with Crippen molar-refractivity contribution in [3.05, 3.63) is 29.3 Å². The van der Waals surface area contributed by atoms with Crippen molar-refractivity contribution in [2.24, 2.45) is 0 Å². The Bertz CT molecular complexity index is 514. The number of benzene rings is 1. The molecule has 2 rings (SSSR count). The molecule has 0 aromatic heterocycles. The molecule has 5 nitrogen and oxygen atoms in total. The summed E-state index contributed by atoms with van der Waals surface area (Å²) >= 11 is 0. The molecule has 1 heterocycles. The number of anilines is 1. The van der Waals surface area contributed by atoms with Crippen molar-refractivity contribution >= 4 is 17.5 Å². The van der Waals surface area contributed by atoms with Gasteiger partial charge in [0.25, 0.3) is 5.91 Å². The zero-order valence-corrected chi connectivity index (χ0v) is 12.0. The lowest BCUT2D eigenvalue weighted by Crippen LogP contribution is -2.36. The zero-order chi connectivity index (χ0) is 14.5. The van der Waals surface area contributed by atoms with Gasteiger partial charge in [-0.15, -0.1) is 0 Å². The number of nitrogens with one attached hydrogen (secondary N) is 3. The van der Waals surface area contributed by atoms with Crippen LogP contribution in [0.5, 0.6) is 0 Å². The first-order valence-electron chi connectivity index (χ1n) is 7.02. The molecule has 1 aromatic rings. The molecule has 2 amide bonds. The lowest BCUT2D eigenvalue weighted by atomic mass is 10.1. The number of carbonyl (C=O) groups excluding carboxylic acids is 2. The van der Waals surface area contributed by atoms with E-state index < -0.39 is 0 Å². The van der Waals surface area contributed by atoms with Gasteiger partial charge in [0.1, 0.15) is 0 Å². The van der Waals surface area contributed by atoms with Crippen LogP contribution in [-0.2, 0) is 4.79 Å². The second-order valence-electron chi connectivity index (χ2n) is 5.15. The van der Waals surface area contributed by atoms with Gasteiger partial charge >= 0.3 is 0 Å². The maximum Gasteiger partial charge on any atom is 0.253 e. The van der Waals surface area contributed by atoms with E-state index in [1.165, 1.54) is 0 Å². The van der Waals surface area contributed by atoms with E-state index in [0.29, 0.717) is 18.5 Å². The van der Waals surface area contributed by atoms with Crippen LogP contribution in [0.3, 0.4) is 0 Å². The van der Waals surface area contributed by atoms with Gasteiger partial charge in [-0.3, -0.25) is 9.59 Å². The Balaban J connectivity index is 2.10. The lowest BCUT2D eigenvalue weighted by molar-refractivity contribution is -0.119. The van der Waals surface area contributed by atoms with Crippen LogP contribution in [0.15, 0.2) is 18.2 Å². The van der Waals surface area contributed by atoms with E-state index >= 15 is 0 Å². The van der Waals surface area contributed by atoms with Gasteiger partial charge in [-0.05, 0) is 25.5 Å². The van der Waals surface area contributed by atoms with Gasteiger partial charge in [0, 0.05) is 25.2 Å². The summed E-state index contributed by atoms with van der Waals surface area (Å²) in [6, 6.07) is 5.67. The first-order chi connectivity index (χ1) is 9.60. The van der Waals surface area contributed by atoms with Crippen molar-refractivity contribution in [2.45, 2.75) is 32.7 Å². The molecule has 1 atom stereocenters. The summed E-state index contributed by atoms with van der Waals surface area (Å²) in [5.74, 6) is -0.141. The van der Waals surface area contributed by atoms with Crippen molar-refractivity contribution in [1.82, 2.24) is 10.6 Å². The average Bonchev–Trinajstić information content (AvgIpc) is 2.82. The molecule has 0 bridgehead atoms. The second-order valence-corrected chi connectivity index (χ2v) is 5.15. The molecule has 3 N–H and O–H groups in total. The predicted molar refractivity (Wildman–Crippen MR) is 78.8 cm³/mol. The van der Waals surface area contributed by atoms with Crippen LogP contribution >= 0.6 is 0 Å². The van der Waals surface area contributed by atoms with Crippen LogP contribution in [0.25, 0.3) is 0 Å². The Morgan fingerprint density at radius 1 is 1.45 bits per heavy atom. The number of carbonyl (C=O) groups is 2. The molecule has 1 saturated heterocycles. The third kappa shape index (κ3) is 3.50. The molecule has 0 spiro atoms. The fraction of sp³-hybridized carbons (Fsp3) is 0.467. The van der Waals surface area contributed by atoms with Crippen LogP contribution in [0.2, 0.25) is 0 Å². The van der Waals surface area contributed by atoms with E-state index in [1.807, 2.05) is 25.1 Å². The molecule has 0 aliphatic carbocycles. The third-order valence-electron chi connectivity index (χ3n) is 3.30. The Morgan fingerprint density at radius 3 is 2.90 bits per heavy atom. The topological polar surface area (TPSA) is 70.2 Å². The highest BCUT2D eigenvalue weighted by Crippen LogP contribution is 2.18. The summed E-state index contributed by atoms with van der Waals surface area (Å²) in [5.41, 5.74) is 2.52. The Labute approximate surface area is 119 Å². The molecular weight excluding hydrogens is 254 g/mol. The zero-order valence-electron chi connectivity index (χ0n) is 12.0. The van der Waals surface area contributed by atoms with Crippen molar-refractivity contribution in [2.75, 3.05) is 18.4 Å². The number of aryl methyl sites for hydroxylation is 1. The fourth-order valence-electron chi connectivity index (χ4n) is 2.23. The molecule has 1 aliphatic heterocycles. The molecule has 1 fully saturated rings. The summed E-state index contributed by atoms with van der Waals surface area (Å²) in [7, 11) is 0. The highest BCUT2D eigenvalue weighted by Gasteiger charge is 2.24. The molecule has 5 heteroatoms. The van der Waals surface area contributed by atoms with E-state index in [-0.39, 0.29) is 17.9 Å². The molecule has 1 aromatic carbocycles. The van der Waals surface area contributed by atoms with Crippen molar-refractivity contribution in [3.63, 3.8) is 0 Å². The summed E-state index contributed by atoms with van der Waals surface area (Å²) in [5, 5.41) is 8.89. The van der Waals surface area contributed by atoms with Gasteiger partial charge < -0.3 is 16.0 Å². The van der Waals surface area contributed by atoms with Gasteiger partial charge in [-0.25, -0.2) is 0 Å².